The minimum Gasteiger partial charge on any atom is -0.479 e. The molecule has 1 saturated heterocycles. The summed E-state index contributed by atoms with van der Waals surface area (Å²) in [7, 11) is 0. The predicted octanol–water partition coefficient (Wildman–Crippen LogP) is 1.53. The van der Waals surface area contributed by atoms with Crippen LogP contribution in [0.2, 0.25) is 0 Å². The zero-order chi connectivity index (χ0) is 14.6. The van der Waals surface area contributed by atoms with Crippen molar-refractivity contribution in [2.75, 3.05) is 13.2 Å². The summed E-state index contributed by atoms with van der Waals surface area (Å²) in [5, 5.41) is 12.1. The molecule has 2 unspecified atom stereocenters. The van der Waals surface area contributed by atoms with E-state index in [4.69, 9.17) is 4.74 Å². The lowest BCUT2D eigenvalue weighted by molar-refractivity contribution is -0.149. The minimum absolute atomic E-state index is 0.265. The third-order valence-corrected chi connectivity index (χ3v) is 3.68. The molecule has 5 heteroatoms. The molecule has 1 aromatic rings. The number of nitrogens with one attached hydrogen (secondary N) is 1. The Morgan fingerprint density at radius 1 is 1.35 bits per heavy atom. The van der Waals surface area contributed by atoms with Crippen molar-refractivity contribution in [2.24, 2.45) is 5.92 Å². The second-order valence-corrected chi connectivity index (χ2v) is 5.20. The van der Waals surface area contributed by atoms with Gasteiger partial charge in [0.05, 0.1) is 12.5 Å². The van der Waals surface area contributed by atoms with E-state index in [0.717, 1.165) is 12.8 Å². The second-order valence-electron chi connectivity index (χ2n) is 5.20. The fraction of sp³-hybridized carbons (Fsp3) is 0.467. The molecule has 1 aliphatic heterocycles. The van der Waals surface area contributed by atoms with E-state index in [9.17, 15) is 14.7 Å². The molecule has 108 valence electrons. The van der Waals surface area contributed by atoms with Gasteiger partial charge in [-0.2, -0.15) is 0 Å². The van der Waals surface area contributed by atoms with Gasteiger partial charge in [0.1, 0.15) is 0 Å². The summed E-state index contributed by atoms with van der Waals surface area (Å²) in [4.78, 5) is 23.8. The first-order valence-electron chi connectivity index (χ1n) is 6.73. The number of rotatable bonds is 4. The lowest BCUT2D eigenvalue weighted by atomic mass is 9.90. The van der Waals surface area contributed by atoms with Crippen LogP contribution in [-0.2, 0) is 19.9 Å². The largest absolute Gasteiger partial charge is 0.479 e. The SMILES string of the molecule is CC(NC(=O)C1CCCOC1)(C(=O)O)c1ccccc1. The van der Waals surface area contributed by atoms with Gasteiger partial charge in [0.25, 0.3) is 0 Å². The van der Waals surface area contributed by atoms with Crippen molar-refractivity contribution in [3.8, 4) is 0 Å². The van der Waals surface area contributed by atoms with Crippen LogP contribution in [0.4, 0.5) is 0 Å². The maximum absolute atomic E-state index is 12.2. The third-order valence-electron chi connectivity index (χ3n) is 3.68. The third kappa shape index (κ3) is 2.99. The van der Waals surface area contributed by atoms with Crippen LogP contribution in [-0.4, -0.2) is 30.2 Å². The van der Waals surface area contributed by atoms with Crippen molar-refractivity contribution < 1.29 is 19.4 Å². The van der Waals surface area contributed by atoms with Gasteiger partial charge in [-0.05, 0) is 25.3 Å². The van der Waals surface area contributed by atoms with Gasteiger partial charge in [0, 0.05) is 6.61 Å². The highest BCUT2D eigenvalue weighted by atomic mass is 16.5. The van der Waals surface area contributed by atoms with Gasteiger partial charge in [-0.1, -0.05) is 30.3 Å². The molecule has 2 atom stereocenters. The maximum Gasteiger partial charge on any atom is 0.333 e. The van der Waals surface area contributed by atoms with E-state index in [1.54, 1.807) is 24.3 Å². The van der Waals surface area contributed by atoms with Crippen molar-refractivity contribution in [3.05, 3.63) is 35.9 Å². The summed E-state index contributed by atoms with van der Waals surface area (Å²) in [6, 6.07) is 8.72. The molecule has 1 aliphatic rings. The summed E-state index contributed by atoms with van der Waals surface area (Å²) in [6.45, 7) is 2.53. The van der Waals surface area contributed by atoms with E-state index in [1.807, 2.05) is 6.07 Å². The van der Waals surface area contributed by atoms with Crippen LogP contribution in [0.25, 0.3) is 0 Å². The maximum atomic E-state index is 12.2. The Morgan fingerprint density at radius 2 is 2.05 bits per heavy atom. The van der Waals surface area contributed by atoms with E-state index >= 15 is 0 Å². The molecule has 1 fully saturated rings. The number of carboxylic acid groups (broad SMARTS) is 1. The first kappa shape index (κ1) is 14.5. The van der Waals surface area contributed by atoms with E-state index in [-0.39, 0.29) is 11.8 Å². The molecule has 1 amide bonds. The Morgan fingerprint density at radius 3 is 2.60 bits per heavy atom. The van der Waals surface area contributed by atoms with Crippen molar-refractivity contribution >= 4 is 11.9 Å². The van der Waals surface area contributed by atoms with E-state index < -0.39 is 11.5 Å². The number of hydrogen-bond acceptors (Lipinski definition) is 3. The summed E-state index contributed by atoms with van der Waals surface area (Å²) >= 11 is 0. The molecule has 0 aromatic heterocycles. The lowest BCUT2D eigenvalue weighted by Gasteiger charge is -2.30. The molecule has 0 saturated carbocycles. The number of hydrogen-bond donors (Lipinski definition) is 2. The molecule has 5 nitrogen and oxygen atoms in total. The van der Waals surface area contributed by atoms with Crippen LogP contribution in [0.5, 0.6) is 0 Å². The van der Waals surface area contributed by atoms with Gasteiger partial charge in [-0.15, -0.1) is 0 Å². The van der Waals surface area contributed by atoms with Crippen LogP contribution >= 0.6 is 0 Å². The van der Waals surface area contributed by atoms with Crippen LogP contribution < -0.4 is 5.32 Å². The highest BCUT2D eigenvalue weighted by molar-refractivity contribution is 5.88. The Hall–Kier alpha value is -1.88. The number of ether oxygens (including phenoxy) is 1. The Labute approximate surface area is 117 Å². The zero-order valence-corrected chi connectivity index (χ0v) is 11.5. The summed E-state index contributed by atoms with van der Waals surface area (Å²) in [5.74, 6) is -1.61. The fourth-order valence-electron chi connectivity index (χ4n) is 2.32. The molecule has 2 rings (SSSR count). The Bertz CT molecular complexity index is 482. The average molecular weight is 277 g/mol. The first-order valence-corrected chi connectivity index (χ1v) is 6.73. The van der Waals surface area contributed by atoms with Gasteiger partial charge in [0.15, 0.2) is 5.54 Å². The minimum atomic E-state index is -1.42. The molecule has 0 aliphatic carbocycles. The Balaban J connectivity index is 2.17. The van der Waals surface area contributed by atoms with Crippen molar-refractivity contribution in [3.63, 3.8) is 0 Å². The fourth-order valence-corrected chi connectivity index (χ4v) is 2.32. The molecular formula is C15H19NO4. The normalized spacial score (nSPS) is 21.8. The summed E-state index contributed by atoms with van der Waals surface area (Å²) in [6.07, 6.45) is 1.56. The van der Waals surface area contributed by atoms with Gasteiger partial charge < -0.3 is 15.2 Å². The van der Waals surface area contributed by atoms with Crippen molar-refractivity contribution in [1.29, 1.82) is 0 Å². The van der Waals surface area contributed by atoms with Crippen LogP contribution in [0.3, 0.4) is 0 Å². The molecule has 0 bridgehead atoms. The molecule has 2 N–H and O–H groups in total. The quantitative estimate of drug-likeness (QED) is 0.875. The van der Waals surface area contributed by atoms with E-state index in [0.29, 0.717) is 18.8 Å². The van der Waals surface area contributed by atoms with Gasteiger partial charge >= 0.3 is 5.97 Å². The topological polar surface area (TPSA) is 75.6 Å². The van der Waals surface area contributed by atoms with Crippen molar-refractivity contribution in [1.82, 2.24) is 5.32 Å². The molecule has 20 heavy (non-hydrogen) atoms. The van der Waals surface area contributed by atoms with Gasteiger partial charge in [-0.3, -0.25) is 4.79 Å². The molecule has 0 radical (unpaired) electrons. The standard InChI is InChI=1S/C15H19NO4/c1-15(14(18)19,12-7-3-2-4-8-12)16-13(17)11-6-5-9-20-10-11/h2-4,7-8,11H,5-6,9-10H2,1H3,(H,16,17)(H,18,19). The molecular weight excluding hydrogens is 258 g/mol. The molecule has 0 spiro atoms. The Kier molecular flexibility index (Phi) is 4.39. The summed E-state index contributed by atoms with van der Waals surface area (Å²) in [5.41, 5.74) is -0.868. The highest BCUT2D eigenvalue weighted by Gasteiger charge is 2.38. The molecule has 1 aromatic carbocycles. The molecule has 1 heterocycles. The summed E-state index contributed by atoms with van der Waals surface area (Å²) < 4.78 is 5.28. The van der Waals surface area contributed by atoms with E-state index in [1.165, 1.54) is 6.92 Å². The number of carbonyl (C=O) groups excluding carboxylic acids is 1. The number of carboxylic acids is 1. The van der Waals surface area contributed by atoms with Crippen LogP contribution in [0.15, 0.2) is 30.3 Å². The van der Waals surface area contributed by atoms with Gasteiger partial charge in [0.2, 0.25) is 5.91 Å². The second kappa shape index (κ2) is 6.05. The number of aliphatic carboxylic acids is 1. The highest BCUT2D eigenvalue weighted by Crippen LogP contribution is 2.23. The lowest BCUT2D eigenvalue weighted by Crippen LogP contribution is -2.52. The smallest absolute Gasteiger partial charge is 0.333 e. The number of benzene rings is 1. The first-order chi connectivity index (χ1) is 9.54. The van der Waals surface area contributed by atoms with E-state index in [2.05, 4.69) is 5.32 Å². The van der Waals surface area contributed by atoms with Crippen LogP contribution in [0.1, 0.15) is 25.3 Å². The predicted molar refractivity (Wildman–Crippen MR) is 73.1 cm³/mol. The van der Waals surface area contributed by atoms with Gasteiger partial charge in [-0.25, -0.2) is 4.79 Å². The van der Waals surface area contributed by atoms with Crippen molar-refractivity contribution in [2.45, 2.75) is 25.3 Å². The number of carbonyl (C=O) groups is 2. The average Bonchev–Trinajstić information content (AvgIpc) is 2.48. The van der Waals surface area contributed by atoms with Crippen LogP contribution in [0, 0.1) is 5.92 Å². The monoisotopic (exact) mass is 277 g/mol. The zero-order valence-electron chi connectivity index (χ0n) is 11.5. The number of amides is 1.